The maximum atomic E-state index is 12.8. The topological polar surface area (TPSA) is 76.0 Å². The van der Waals surface area contributed by atoms with Crippen molar-refractivity contribution < 1.29 is 35.9 Å². The van der Waals surface area contributed by atoms with Gasteiger partial charge in [-0.05, 0) is 38.1 Å². The lowest BCUT2D eigenvalue weighted by Gasteiger charge is -2.14. The van der Waals surface area contributed by atoms with E-state index in [1.54, 1.807) is 25.3 Å². The molecule has 6 nitrogen and oxygen atoms in total. The number of alkyl halides is 6. The average Bonchev–Trinajstić information content (AvgIpc) is 2.87. The number of halogens is 6. The first-order valence-electron chi connectivity index (χ1n) is 7.67. The molecule has 1 aromatic carbocycles. The summed E-state index contributed by atoms with van der Waals surface area (Å²) in [4.78, 5) is 23.8. The van der Waals surface area contributed by atoms with Gasteiger partial charge in [0.05, 0.1) is 16.8 Å². The van der Waals surface area contributed by atoms with Crippen molar-refractivity contribution in [2.45, 2.75) is 32.7 Å². The second kappa shape index (κ2) is 7.52. The van der Waals surface area contributed by atoms with Gasteiger partial charge in [0.2, 0.25) is 0 Å². The summed E-state index contributed by atoms with van der Waals surface area (Å²) in [5.74, 6) is -2.11. The smallest absolute Gasteiger partial charge is 0.271 e. The van der Waals surface area contributed by atoms with Crippen molar-refractivity contribution in [3.05, 3.63) is 52.3 Å². The van der Waals surface area contributed by atoms with Gasteiger partial charge in [0.1, 0.15) is 6.54 Å². The molecule has 0 aliphatic carbocycles. The van der Waals surface area contributed by atoms with Crippen LogP contribution in [0.4, 0.5) is 26.3 Å². The van der Waals surface area contributed by atoms with Crippen LogP contribution in [0.3, 0.4) is 0 Å². The highest BCUT2D eigenvalue weighted by Crippen LogP contribution is 2.36. The molecule has 0 aliphatic heterocycles. The number of hydrogen-bond donors (Lipinski definition) is 2. The van der Waals surface area contributed by atoms with E-state index < -0.39 is 40.9 Å². The molecule has 0 bridgehead atoms. The maximum absolute atomic E-state index is 12.8. The molecule has 0 radical (unpaired) electrons. The Morgan fingerprint density at radius 1 is 0.929 bits per heavy atom. The zero-order valence-corrected chi connectivity index (χ0v) is 14.5. The van der Waals surface area contributed by atoms with Gasteiger partial charge >= 0.3 is 12.4 Å². The van der Waals surface area contributed by atoms with E-state index in [-0.39, 0.29) is 24.7 Å². The third kappa shape index (κ3) is 5.24. The summed E-state index contributed by atoms with van der Waals surface area (Å²) in [7, 11) is 0. The number of aromatic nitrogens is 2. The first kappa shape index (κ1) is 21.3. The molecule has 28 heavy (non-hydrogen) atoms. The monoisotopic (exact) mass is 408 g/mol. The zero-order valence-electron chi connectivity index (χ0n) is 14.5. The predicted molar refractivity (Wildman–Crippen MR) is 83.8 cm³/mol. The van der Waals surface area contributed by atoms with Crippen molar-refractivity contribution in [1.82, 2.24) is 20.6 Å². The Kier molecular flexibility index (Phi) is 5.71. The number of hydrazine groups is 1. The lowest BCUT2D eigenvalue weighted by Crippen LogP contribution is -2.43. The summed E-state index contributed by atoms with van der Waals surface area (Å²) in [5, 5.41) is 4.01. The quantitative estimate of drug-likeness (QED) is 0.606. The van der Waals surface area contributed by atoms with Gasteiger partial charge in [0, 0.05) is 11.3 Å². The molecule has 0 spiro atoms. The molecule has 0 saturated heterocycles. The second-order valence-electron chi connectivity index (χ2n) is 5.88. The molecule has 152 valence electrons. The van der Waals surface area contributed by atoms with Crippen LogP contribution in [0.15, 0.2) is 24.3 Å². The molecule has 0 saturated carbocycles. The van der Waals surface area contributed by atoms with E-state index in [4.69, 9.17) is 0 Å². The number of nitrogens with one attached hydrogen (secondary N) is 2. The number of carbonyl (C=O) groups is 2. The molecule has 2 rings (SSSR count). The number of carbonyl (C=O) groups excluding carboxylic acids is 2. The fourth-order valence-corrected chi connectivity index (χ4v) is 2.30. The Morgan fingerprint density at radius 2 is 1.46 bits per heavy atom. The summed E-state index contributed by atoms with van der Waals surface area (Å²) < 4.78 is 78.2. The highest BCUT2D eigenvalue weighted by Gasteiger charge is 2.37. The molecule has 0 fully saturated rings. The minimum absolute atomic E-state index is 0.0990. The van der Waals surface area contributed by atoms with E-state index in [0.717, 1.165) is 0 Å². The van der Waals surface area contributed by atoms with E-state index in [2.05, 4.69) is 5.10 Å². The maximum Gasteiger partial charge on any atom is 0.416 e. The van der Waals surface area contributed by atoms with E-state index >= 15 is 0 Å². The van der Waals surface area contributed by atoms with Crippen LogP contribution in [0.1, 0.15) is 32.9 Å². The molecule has 2 amide bonds. The summed E-state index contributed by atoms with van der Waals surface area (Å²) in [6, 6.07) is 2.11. The summed E-state index contributed by atoms with van der Waals surface area (Å²) >= 11 is 0. The van der Waals surface area contributed by atoms with Crippen molar-refractivity contribution in [2.24, 2.45) is 0 Å². The van der Waals surface area contributed by atoms with Gasteiger partial charge < -0.3 is 0 Å². The van der Waals surface area contributed by atoms with Crippen LogP contribution in [0.5, 0.6) is 0 Å². The predicted octanol–water partition coefficient (Wildman–Crippen LogP) is 3.00. The van der Waals surface area contributed by atoms with Crippen molar-refractivity contribution in [2.75, 3.05) is 0 Å². The number of amides is 2. The third-order valence-corrected chi connectivity index (χ3v) is 3.56. The van der Waals surface area contributed by atoms with Gasteiger partial charge in [-0.2, -0.15) is 31.4 Å². The minimum Gasteiger partial charge on any atom is -0.271 e. The summed E-state index contributed by atoms with van der Waals surface area (Å²) in [5.41, 5.74) is 0.807. The Morgan fingerprint density at radius 3 is 1.89 bits per heavy atom. The lowest BCUT2D eigenvalue weighted by molar-refractivity contribution is -0.143. The fourth-order valence-electron chi connectivity index (χ4n) is 2.30. The molecule has 1 aromatic heterocycles. The standard InChI is InChI=1S/C16H14F6N4O2/c1-8-3-9(2)26(25-8)7-13(27)23-24-14(28)10-4-11(15(17,18)19)6-12(5-10)16(20,21)22/h3-6H,7H2,1-2H3,(H,23,27)(H,24,28). The van der Waals surface area contributed by atoms with Gasteiger partial charge in [-0.1, -0.05) is 0 Å². The average molecular weight is 408 g/mol. The highest BCUT2D eigenvalue weighted by molar-refractivity contribution is 5.95. The van der Waals surface area contributed by atoms with Gasteiger partial charge in [-0.3, -0.25) is 25.1 Å². The normalized spacial score (nSPS) is 12.0. The van der Waals surface area contributed by atoms with Crippen molar-refractivity contribution >= 4 is 11.8 Å². The van der Waals surface area contributed by atoms with E-state index in [1.165, 1.54) is 4.68 Å². The van der Waals surface area contributed by atoms with Crippen LogP contribution < -0.4 is 10.9 Å². The third-order valence-electron chi connectivity index (χ3n) is 3.56. The molecule has 0 atom stereocenters. The van der Waals surface area contributed by atoms with E-state index in [1.807, 2.05) is 5.43 Å². The first-order chi connectivity index (χ1) is 12.8. The van der Waals surface area contributed by atoms with Crippen LogP contribution in [0.25, 0.3) is 0 Å². The molecular weight excluding hydrogens is 394 g/mol. The minimum atomic E-state index is -5.09. The molecule has 2 aromatic rings. The molecule has 12 heteroatoms. The van der Waals surface area contributed by atoms with E-state index in [9.17, 15) is 35.9 Å². The van der Waals surface area contributed by atoms with Crippen LogP contribution >= 0.6 is 0 Å². The molecule has 0 unspecified atom stereocenters. The number of rotatable bonds is 3. The summed E-state index contributed by atoms with van der Waals surface area (Å²) in [6.45, 7) is 3.05. The summed E-state index contributed by atoms with van der Waals surface area (Å²) in [6.07, 6.45) is -10.2. The lowest BCUT2D eigenvalue weighted by atomic mass is 10.0. The Balaban J connectivity index is 2.15. The molecule has 2 N–H and O–H groups in total. The van der Waals surface area contributed by atoms with Gasteiger partial charge in [0.25, 0.3) is 11.8 Å². The van der Waals surface area contributed by atoms with Crippen molar-refractivity contribution in [1.29, 1.82) is 0 Å². The van der Waals surface area contributed by atoms with Gasteiger partial charge in [-0.25, -0.2) is 0 Å². The Hall–Kier alpha value is -3.05. The van der Waals surface area contributed by atoms with Gasteiger partial charge in [0.15, 0.2) is 0 Å². The van der Waals surface area contributed by atoms with Crippen LogP contribution in [0, 0.1) is 13.8 Å². The second-order valence-corrected chi connectivity index (χ2v) is 5.88. The number of hydrogen-bond acceptors (Lipinski definition) is 3. The van der Waals surface area contributed by atoms with Crippen molar-refractivity contribution in [3.8, 4) is 0 Å². The number of benzene rings is 1. The van der Waals surface area contributed by atoms with Crippen LogP contribution in [-0.2, 0) is 23.7 Å². The fraction of sp³-hybridized carbons (Fsp3) is 0.312. The molecule has 1 heterocycles. The number of aryl methyl sites for hydroxylation is 2. The molecular formula is C16H14F6N4O2. The largest absolute Gasteiger partial charge is 0.416 e. The van der Waals surface area contributed by atoms with E-state index in [0.29, 0.717) is 11.4 Å². The van der Waals surface area contributed by atoms with Crippen LogP contribution in [0.2, 0.25) is 0 Å². The van der Waals surface area contributed by atoms with Gasteiger partial charge in [-0.15, -0.1) is 0 Å². The first-order valence-corrected chi connectivity index (χ1v) is 7.67. The molecule has 0 aliphatic rings. The SMILES string of the molecule is Cc1cc(C)n(CC(=O)NNC(=O)c2cc(C(F)(F)F)cc(C(F)(F)F)c2)n1. The Bertz CT molecular complexity index is 869. The highest BCUT2D eigenvalue weighted by atomic mass is 19.4. The van der Waals surface area contributed by atoms with Crippen molar-refractivity contribution in [3.63, 3.8) is 0 Å². The van der Waals surface area contributed by atoms with Crippen LogP contribution in [-0.4, -0.2) is 21.6 Å². The zero-order chi connectivity index (χ0) is 21.3. The Labute approximate surface area is 154 Å². The number of nitrogens with zero attached hydrogens (tertiary/aromatic N) is 2.